The lowest BCUT2D eigenvalue weighted by atomic mass is 10.3. The molecule has 0 spiro atoms. The zero-order valence-corrected chi connectivity index (χ0v) is 13.0. The highest BCUT2D eigenvalue weighted by atomic mass is 79.9. The van der Waals surface area contributed by atoms with Crippen LogP contribution in [0.25, 0.3) is 0 Å². The second-order valence-corrected chi connectivity index (χ2v) is 8.05. The van der Waals surface area contributed by atoms with Crippen LogP contribution < -0.4 is 5.73 Å². The highest BCUT2D eigenvalue weighted by Gasteiger charge is 2.27. The third kappa shape index (κ3) is 3.01. The molecule has 2 N–H and O–H groups in total. The first-order valence-corrected chi connectivity index (χ1v) is 9.03. The number of benzene rings is 1. The van der Waals surface area contributed by atoms with Crippen molar-refractivity contribution in [3.63, 3.8) is 0 Å². The fourth-order valence-electron chi connectivity index (χ4n) is 1.83. The van der Waals surface area contributed by atoms with Crippen molar-refractivity contribution >= 4 is 43.4 Å². The van der Waals surface area contributed by atoms with Crippen molar-refractivity contribution in [3.05, 3.63) is 22.7 Å². The van der Waals surface area contributed by atoms with Crippen LogP contribution in [0.1, 0.15) is 6.42 Å². The molecule has 0 unspecified atom stereocenters. The maximum absolute atomic E-state index is 12.5. The van der Waals surface area contributed by atoms with Crippen LogP contribution in [0.3, 0.4) is 0 Å². The van der Waals surface area contributed by atoms with Crippen LogP contribution in [0.5, 0.6) is 0 Å². The fourth-order valence-corrected chi connectivity index (χ4v) is 5.37. The monoisotopic (exact) mass is 350 g/mol. The summed E-state index contributed by atoms with van der Waals surface area (Å²) in [7, 11) is -3.42. The molecule has 100 valence electrons. The van der Waals surface area contributed by atoms with E-state index in [2.05, 4.69) is 15.9 Å². The fraction of sp³-hybridized carbons (Fsp3) is 0.455. The molecule has 1 heterocycles. The second-order valence-electron chi connectivity index (χ2n) is 4.06. The number of nitrogens with two attached hydrogens (primary N) is 1. The Morgan fingerprint density at radius 2 is 2.06 bits per heavy atom. The number of nitrogen functional groups attached to an aromatic ring is 1. The summed E-state index contributed by atoms with van der Waals surface area (Å²) >= 11 is 5.08. The molecule has 18 heavy (non-hydrogen) atoms. The van der Waals surface area contributed by atoms with Crippen molar-refractivity contribution in [2.75, 3.05) is 30.3 Å². The first kappa shape index (κ1) is 14.2. The SMILES string of the molecule is Nc1ccc(S(=O)(=O)N2CCCSCC2)c(Br)c1. The number of sulfonamides is 1. The average molecular weight is 351 g/mol. The summed E-state index contributed by atoms with van der Waals surface area (Å²) in [5.74, 6) is 1.88. The summed E-state index contributed by atoms with van der Waals surface area (Å²) in [5, 5.41) is 0. The number of anilines is 1. The number of nitrogens with zero attached hydrogens (tertiary/aromatic N) is 1. The predicted molar refractivity (Wildman–Crippen MR) is 79.3 cm³/mol. The van der Waals surface area contributed by atoms with Crippen LogP contribution in [0.4, 0.5) is 5.69 Å². The number of hydrogen-bond donors (Lipinski definition) is 1. The molecule has 2 rings (SSSR count). The van der Waals surface area contributed by atoms with Gasteiger partial charge in [-0.2, -0.15) is 16.1 Å². The summed E-state index contributed by atoms with van der Waals surface area (Å²) in [6, 6.07) is 4.80. The number of halogens is 1. The van der Waals surface area contributed by atoms with Gasteiger partial charge in [-0.25, -0.2) is 8.42 Å². The summed E-state index contributed by atoms with van der Waals surface area (Å²) in [6.07, 6.45) is 0.899. The Morgan fingerprint density at radius 3 is 2.78 bits per heavy atom. The topological polar surface area (TPSA) is 63.4 Å². The molecule has 1 aromatic carbocycles. The van der Waals surface area contributed by atoms with Crippen LogP contribution in [0.15, 0.2) is 27.6 Å². The lowest BCUT2D eigenvalue weighted by Gasteiger charge is -2.20. The number of rotatable bonds is 2. The minimum absolute atomic E-state index is 0.295. The normalized spacial score (nSPS) is 18.5. The van der Waals surface area contributed by atoms with Crippen molar-refractivity contribution < 1.29 is 8.42 Å². The minimum Gasteiger partial charge on any atom is -0.399 e. The van der Waals surface area contributed by atoms with Crippen LogP contribution in [-0.2, 0) is 10.0 Å². The first-order chi connectivity index (χ1) is 8.51. The molecule has 1 fully saturated rings. The molecule has 0 radical (unpaired) electrons. The van der Waals surface area contributed by atoms with E-state index in [1.165, 1.54) is 0 Å². The Morgan fingerprint density at radius 1 is 1.28 bits per heavy atom. The van der Waals surface area contributed by atoms with Gasteiger partial charge in [0, 0.05) is 29.0 Å². The third-order valence-corrected chi connectivity index (χ3v) is 6.68. The zero-order valence-electron chi connectivity index (χ0n) is 9.80. The molecule has 1 aliphatic heterocycles. The van der Waals surface area contributed by atoms with Gasteiger partial charge >= 0.3 is 0 Å². The molecule has 0 aliphatic carbocycles. The maximum atomic E-state index is 12.5. The van der Waals surface area contributed by atoms with E-state index in [4.69, 9.17) is 5.73 Å². The van der Waals surface area contributed by atoms with Crippen LogP contribution in [0, 0.1) is 0 Å². The highest BCUT2D eigenvalue weighted by Crippen LogP contribution is 2.28. The van der Waals surface area contributed by atoms with Crippen LogP contribution in [-0.4, -0.2) is 37.3 Å². The van der Waals surface area contributed by atoms with Crippen LogP contribution in [0.2, 0.25) is 0 Å². The van der Waals surface area contributed by atoms with Gasteiger partial charge in [0.1, 0.15) is 0 Å². The molecule has 1 aromatic rings. The third-order valence-electron chi connectivity index (χ3n) is 2.75. The van der Waals surface area contributed by atoms with Crippen molar-refractivity contribution in [1.82, 2.24) is 4.31 Å². The lowest BCUT2D eigenvalue weighted by molar-refractivity contribution is 0.434. The summed E-state index contributed by atoms with van der Waals surface area (Å²) in [4.78, 5) is 0.295. The molecule has 7 heteroatoms. The van der Waals surface area contributed by atoms with E-state index < -0.39 is 10.0 Å². The summed E-state index contributed by atoms with van der Waals surface area (Å²) in [6.45, 7) is 1.16. The molecule has 0 bridgehead atoms. The Hall–Kier alpha value is -0.240. The van der Waals surface area contributed by atoms with E-state index in [0.29, 0.717) is 28.1 Å². The number of thioether (sulfide) groups is 1. The van der Waals surface area contributed by atoms with E-state index in [9.17, 15) is 8.42 Å². The van der Waals surface area contributed by atoms with Crippen molar-refractivity contribution in [2.24, 2.45) is 0 Å². The quantitative estimate of drug-likeness (QED) is 0.830. The number of hydrogen-bond acceptors (Lipinski definition) is 4. The molecular formula is C11H15BrN2O2S2. The Kier molecular flexibility index (Phi) is 4.58. The van der Waals surface area contributed by atoms with Gasteiger partial charge in [0.15, 0.2) is 0 Å². The van der Waals surface area contributed by atoms with E-state index in [0.717, 1.165) is 17.9 Å². The molecule has 0 amide bonds. The van der Waals surface area contributed by atoms with E-state index in [1.807, 2.05) is 0 Å². The average Bonchev–Trinajstić information content (AvgIpc) is 2.57. The zero-order chi connectivity index (χ0) is 13.2. The lowest BCUT2D eigenvalue weighted by Crippen LogP contribution is -2.33. The van der Waals surface area contributed by atoms with E-state index >= 15 is 0 Å². The minimum atomic E-state index is -3.42. The molecule has 1 saturated heterocycles. The molecule has 4 nitrogen and oxygen atoms in total. The molecule has 0 atom stereocenters. The summed E-state index contributed by atoms with van der Waals surface area (Å²) in [5.41, 5.74) is 6.18. The molecule has 0 aromatic heterocycles. The first-order valence-electron chi connectivity index (χ1n) is 5.65. The Labute approximate surface area is 120 Å². The second kappa shape index (κ2) is 5.81. The van der Waals surface area contributed by atoms with Gasteiger partial charge in [0.2, 0.25) is 10.0 Å². The molecular weight excluding hydrogens is 336 g/mol. The highest BCUT2D eigenvalue weighted by molar-refractivity contribution is 9.10. The van der Waals surface area contributed by atoms with Gasteiger partial charge in [-0.15, -0.1) is 0 Å². The smallest absolute Gasteiger partial charge is 0.244 e. The van der Waals surface area contributed by atoms with Crippen molar-refractivity contribution in [2.45, 2.75) is 11.3 Å². The van der Waals surface area contributed by atoms with Gasteiger partial charge in [-0.3, -0.25) is 0 Å². The largest absolute Gasteiger partial charge is 0.399 e. The van der Waals surface area contributed by atoms with E-state index in [-0.39, 0.29) is 0 Å². The Bertz CT molecular complexity index is 526. The van der Waals surface area contributed by atoms with Gasteiger partial charge in [0.25, 0.3) is 0 Å². The standard InChI is InChI=1S/C11H15BrN2O2S2/c12-10-8-9(13)2-3-11(10)18(15,16)14-4-1-6-17-7-5-14/h2-3,8H,1,4-7,13H2. The Balaban J connectivity index is 2.34. The van der Waals surface area contributed by atoms with Gasteiger partial charge in [-0.1, -0.05) is 0 Å². The predicted octanol–water partition coefficient (Wildman–Crippen LogP) is 2.16. The van der Waals surface area contributed by atoms with Gasteiger partial charge in [-0.05, 0) is 46.3 Å². The van der Waals surface area contributed by atoms with E-state index in [1.54, 1.807) is 34.3 Å². The van der Waals surface area contributed by atoms with Crippen molar-refractivity contribution in [3.8, 4) is 0 Å². The van der Waals surface area contributed by atoms with Gasteiger partial charge < -0.3 is 5.73 Å². The summed E-state index contributed by atoms with van der Waals surface area (Å²) < 4.78 is 27.1. The molecule has 1 aliphatic rings. The molecule has 0 saturated carbocycles. The van der Waals surface area contributed by atoms with Crippen LogP contribution >= 0.6 is 27.7 Å². The maximum Gasteiger partial charge on any atom is 0.244 e. The van der Waals surface area contributed by atoms with Gasteiger partial charge in [0.05, 0.1) is 4.90 Å². The van der Waals surface area contributed by atoms with Crippen molar-refractivity contribution in [1.29, 1.82) is 0 Å².